The summed E-state index contributed by atoms with van der Waals surface area (Å²) in [6.45, 7) is 2.92. The zero-order valence-corrected chi connectivity index (χ0v) is 12.2. The van der Waals surface area contributed by atoms with E-state index in [0.717, 1.165) is 30.7 Å². The molecule has 0 N–H and O–H groups in total. The van der Waals surface area contributed by atoms with Crippen molar-refractivity contribution in [3.05, 3.63) is 23.8 Å². The molecule has 1 rings (SSSR count). The molecule has 19 heavy (non-hydrogen) atoms. The third-order valence-electron chi connectivity index (χ3n) is 3.11. The number of methoxy groups -OCH3 is 2. The van der Waals surface area contributed by atoms with Gasteiger partial charge in [0.2, 0.25) is 5.91 Å². The van der Waals surface area contributed by atoms with E-state index in [4.69, 9.17) is 9.47 Å². The highest BCUT2D eigenvalue weighted by Gasteiger charge is 2.13. The molecule has 0 spiro atoms. The molecule has 0 aliphatic carbocycles. The summed E-state index contributed by atoms with van der Waals surface area (Å²) in [6.07, 6.45) is 2.47. The van der Waals surface area contributed by atoms with Gasteiger partial charge in [0.15, 0.2) is 0 Å². The number of nitrogens with zero attached hydrogens (tertiary/aromatic N) is 1. The number of carbonyl (C=O) groups is 1. The van der Waals surface area contributed by atoms with Crippen molar-refractivity contribution < 1.29 is 14.3 Å². The average Bonchev–Trinajstić information content (AvgIpc) is 2.44. The molecule has 1 aromatic rings. The van der Waals surface area contributed by atoms with Crippen LogP contribution in [0.4, 0.5) is 0 Å². The maximum absolute atomic E-state index is 12.1. The molecule has 0 aliphatic heterocycles. The van der Waals surface area contributed by atoms with E-state index in [1.54, 1.807) is 25.2 Å². The van der Waals surface area contributed by atoms with Crippen molar-refractivity contribution in [2.24, 2.45) is 0 Å². The Kier molecular flexibility index (Phi) is 6.19. The minimum atomic E-state index is 0.108. The second kappa shape index (κ2) is 7.67. The highest BCUT2D eigenvalue weighted by atomic mass is 16.5. The Hall–Kier alpha value is -1.71. The standard InChI is InChI=1S/C15H23NO3/c1-5-6-9-16(2)15(17)10-12-7-8-13(18-3)11-14(12)19-4/h7-8,11H,5-6,9-10H2,1-4H3. The van der Waals surface area contributed by atoms with Crippen LogP contribution in [0, 0.1) is 0 Å². The first-order valence-electron chi connectivity index (χ1n) is 6.57. The number of ether oxygens (including phenoxy) is 2. The average molecular weight is 265 g/mol. The quantitative estimate of drug-likeness (QED) is 0.760. The first-order chi connectivity index (χ1) is 9.12. The number of carbonyl (C=O) groups excluding carboxylic acids is 1. The minimum Gasteiger partial charge on any atom is -0.497 e. The molecule has 0 radical (unpaired) electrons. The van der Waals surface area contributed by atoms with Crippen LogP contribution in [0.3, 0.4) is 0 Å². The van der Waals surface area contributed by atoms with Crippen molar-refractivity contribution in [3.63, 3.8) is 0 Å². The van der Waals surface area contributed by atoms with Gasteiger partial charge in [-0.1, -0.05) is 19.4 Å². The molecule has 1 amide bonds. The molecule has 0 bridgehead atoms. The van der Waals surface area contributed by atoms with E-state index < -0.39 is 0 Å². The van der Waals surface area contributed by atoms with Crippen molar-refractivity contribution in [1.29, 1.82) is 0 Å². The molecule has 0 atom stereocenters. The summed E-state index contributed by atoms with van der Waals surface area (Å²) >= 11 is 0. The minimum absolute atomic E-state index is 0.108. The predicted molar refractivity (Wildman–Crippen MR) is 75.8 cm³/mol. The first kappa shape index (κ1) is 15.3. The fraction of sp³-hybridized carbons (Fsp3) is 0.533. The van der Waals surface area contributed by atoms with Gasteiger partial charge in [-0.3, -0.25) is 4.79 Å². The van der Waals surface area contributed by atoms with Gasteiger partial charge in [0, 0.05) is 25.2 Å². The number of benzene rings is 1. The summed E-state index contributed by atoms with van der Waals surface area (Å²) in [5.41, 5.74) is 0.886. The van der Waals surface area contributed by atoms with E-state index in [9.17, 15) is 4.79 Å². The van der Waals surface area contributed by atoms with Crippen LogP contribution in [0.25, 0.3) is 0 Å². The molecule has 0 heterocycles. The maximum atomic E-state index is 12.1. The van der Waals surface area contributed by atoms with Crippen LogP contribution in [0.15, 0.2) is 18.2 Å². The lowest BCUT2D eigenvalue weighted by Gasteiger charge is -2.17. The van der Waals surface area contributed by atoms with E-state index >= 15 is 0 Å². The van der Waals surface area contributed by atoms with Crippen LogP contribution in [-0.2, 0) is 11.2 Å². The highest BCUT2D eigenvalue weighted by molar-refractivity contribution is 5.79. The zero-order valence-electron chi connectivity index (χ0n) is 12.2. The number of unbranched alkanes of at least 4 members (excludes halogenated alkanes) is 1. The van der Waals surface area contributed by atoms with Gasteiger partial charge in [0.05, 0.1) is 20.6 Å². The number of hydrogen-bond donors (Lipinski definition) is 0. The highest BCUT2D eigenvalue weighted by Crippen LogP contribution is 2.25. The van der Waals surface area contributed by atoms with Gasteiger partial charge in [0.25, 0.3) is 0 Å². The lowest BCUT2D eigenvalue weighted by Crippen LogP contribution is -2.29. The Morgan fingerprint density at radius 3 is 2.58 bits per heavy atom. The summed E-state index contributed by atoms with van der Waals surface area (Å²) in [4.78, 5) is 13.9. The second-order valence-corrected chi connectivity index (χ2v) is 4.52. The summed E-state index contributed by atoms with van der Waals surface area (Å²) in [6, 6.07) is 5.52. The van der Waals surface area contributed by atoms with Crippen LogP contribution < -0.4 is 9.47 Å². The summed E-state index contributed by atoms with van der Waals surface area (Å²) in [5, 5.41) is 0. The maximum Gasteiger partial charge on any atom is 0.226 e. The van der Waals surface area contributed by atoms with Crippen molar-refractivity contribution in [2.75, 3.05) is 27.8 Å². The molecule has 0 unspecified atom stereocenters. The fourth-order valence-corrected chi connectivity index (χ4v) is 1.82. The second-order valence-electron chi connectivity index (χ2n) is 4.52. The van der Waals surface area contributed by atoms with Crippen molar-refractivity contribution >= 4 is 5.91 Å². The Labute approximate surface area is 115 Å². The molecule has 4 nitrogen and oxygen atoms in total. The lowest BCUT2D eigenvalue weighted by molar-refractivity contribution is -0.129. The molecular weight excluding hydrogens is 242 g/mol. The zero-order chi connectivity index (χ0) is 14.3. The third-order valence-corrected chi connectivity index (χ3v) is 3.11. The van der Waals surface area contributed by atoms with Gasteiger partial charge < -0.3 is 14.4 Å². The summed E-state index contributed by atoms with van der Waals surface area (Å²) < 4.78 is 10.4. The molecule has 0 saturated carbocycles. The monoisotopic (exact) mass is 265 g/mol. The Balaban J connectivity index is 2.73. The molecule has 4 heteroatoms. The Morgan fingerprint density at radius 1 is 1.26 bits per heavy atom. The number of rotatable bonds is 7. The topological polar surface area (TPSA) is 38.8 Å². The molecule has 0 aliphatic rings. The lowest BCUT2D eigenvalue weighted by atomic mass is 10.1. The van der Waals surface area contributed by atoms with Crippen LogP contribution in [0.5, 0.6) is 11.5 Å². The summed E-state index contributed by atoms with van der Waals surface area (Å²) in [5.74, 6) is 1.53. The van der Waals surface area contributed by atoms with E-state index in [2.05, 4.69) is 6.92 Å². The van der Waals surface area contributed by atoms with Gasteiger partial charge in [-0.05, 0) is 12.5 Å². The van der Waals surface area contributed by atoms with Crippen LogP contribution in [0.1, 0.15) is 25.3 Å². The predicted octanol–water partition coefficient (Wildman–Crippen LogP) is 2.50. The molecular formula is C15H23NO3. The normalized spacial score (nSPS) is 10.1. The van der Waals surface area contributed by atoms with E-state index in [0.29, 0.717) is 12.2 Å². The van der Waals surface area contributed by atoms with Crippen LogP contribution in [-0.4, -0.2) is 38.6 Å². The smallest absolute Gasteiger partial charge is 0.226 e. The van der Waals surface area contributed by atoms with Crippen LogP contribution in [0.2, 0.25) is 0 Å². The SMILES string of the molecule is CCCCN(C)C(=O)Cc1ccc(OC)cc1OC. The molecule has 0 aromatic heterocycles. The number of hydrogen-bond acceptors (Lipinski definition) is 3. The number of amides is 1. The number of likely N-dealkylation sites (N-methyl/N-ethyl adjacent to an activating group) is 1. The first-order valence-corrected chi connectivity index (χ1v) is 6.57. The van der Waals surface area contributed by atoms with Crippen molar-refractivity contribution in [2.45, 2.75) is 26.2 Å². The largest absolute Gasteiger partial charge is 0.497 e. The fourth-order valence-electron chi connectivity index (χ4n) is 1.82. The third kappa shape index (κ3) is 4.47. The summed E-state index contributed by atoms with van der Waals surface area (Å²) in [7, 11) is 5.05. The van der Waals surface area contributed by atoms with Gasteiger partial charge in [-0.15, -0.1) is 0 Å². The van der Waals surface area contributed by atoms with Gasteiger partial charge in [0.1, 0.15) is 11.5 Å². The van der Waals surface area contributed by atoms with Crippen molar-refractivity contribution in [3.8, 4) is 11.5 Å². The van der Waals surface area contributed by atoms with Gasteiger partial charge >= 0.3 is 0 Å². The van der Waals surface area contributed by atoms with E-state index in [1.807, 2.05) is 19.2 Å². The molecule has 1 aromatic carbocycles. The Bertz CT molecular complexity index is 418. The molecule has 106 valence electrons. The van der Waals surface area contributed by atoms with Gasteiger partial charge in [-0.25, -0.2) is 0 Å². The van der Waals surface area contributed by atoms with E-state index in [-0.39, 0.29) is 5.91 Å². The molecule has 0 fully saturated rings. The van der Waals surface area contributed by atoms with Crippen LogP contribution >= 0.6 is 0 Å². The van der Waals surface area contributed by atoms with Crippen molar-refractivity contribution in [1.82, 2.24) is 4.90 Å². The molecule has 0 saturated heterocycles. The van der Waals surface area contributed by atoms with Gasteiger partial charge in [-0.2, -0.15) is 0 Å². The van der Waals surface area contributed by atoms with E-state index in [1.165, 1.54) is 0 Å². The Morgan fingerprint density at radius 2 is 2.00 bits per heavy atom.